The Hall–Kier alpha value is -6.70. The Morgan fingerprint density at radius 3 is 1.35 bits per heavy atom. The summed E-state index contributed by atoms with van der Waals surface area (Å²) in [5, 5.41) is 12.4. The Kier molecular flexibility index (Phi) is 6.02. The van der Waals surface area contributed by atoms with Gasteiger partial charge in [-0.3, -0.25) is 0 Å². The van der Waals surface area contributed by atoms with Gasteiger partial charge in [0.2, 0.25) is 0 Å². The largest absolute Gasteiger partial charge is 0.456 e. The van der Waals surface area contributed by atoms with Crippen LogP contribution in [-0.4, -0.2) is 0 Å². The van der Waals surface area contributed by atoms with Crippen molar-refractivity contribution < 1.29 is 4.74 Å². The number of hydrogen-bond acceptors (Lipinski definition) is 1. The molecule has 0 bridgehead atoms. The first-order chi connectivity index (χ1) is 25.3. The molecule has 0 spiro atoms. The van der Waals surface area contributed by atoms with Crippen LogP contribution in [0.2, 0.25) is 0 Å². The van der Waals surface area contributed by atoms with Gasteiger partial charge in [-0.05, 0) is 106 Å². The maximum absolute atomic E-state index is 6.52. The standard InChI is InChI=1S/C50H30O/c1-2-15-31(16-3-1)46-35-20-6-4-17-32(35)33-18-5-7-21-36(33)50(46)49-41-24-10-8-22-38(41)47(39-23-9-11-25-42(39)49)43-29-30-45-48-37(26-14-27-40(43)48)34-19-12-13-28-44(34)51-45/h1-30H. The van der Waals surface area contributed by atoms with E-state index in [0.29, 0.717) is 0 Å². The molecule has 0 amide bonds. The molecule has 1 aliphatic rings. The van der Waals surface area contributed by atoms with Crippen LogP contribution in [0.4, 0.5) is 0 Å². The number of benzene rings is 10. The van der Waals surface area contributed by atoms with Crippen molar-refractivity contribution in [3.63, 3.8) is 0 Å². The Morgan fingerprint density at radius 2 is 0.706 bits per heavy atom. The van der Waals surface area contributed by atoms with Crippen LogP contribution in [0.15, 0.2) is 182 Å². The van der Waals surface area contributed by atoms with Crippen LogP contribution in [0.3, 0.4) is 0 Å². The SMILES string of the molecule is c1ccc(-c2c(-c3c4ccccc4c(-c4ccc5c6c(cccc46)-c4ccccc4O5)c4ccccc34)c3ccccc3c3ccccc23)cc1. The molecule has 236 valence electrons. The van der Waals surface area contributed by atoms with E-state index < -0.39 is 0 Å². The van der Waals surface area contributed by atoms with Gasteiger partial charge >= 0.3 is 0 Å². The average Bonchev–Trinajstić information content (AvgIpc) is 3.20. The highest BCUT2D eigenvalue weighted by molar-refractivity contribution is 6.30. The highest BCUT2D eigenvalue weighted by Crippen LogP contribution is 2.53. The van der Waals surface area contributed by atoms with Crippen LogP contribution in [0.5, 0.6) is 11.5 Å². The molecule has 0 atom stereocenters. The van der Waals surface area contributed by atoms with E-state index in [4.69, 9.17) is 4.74 Å². The highest BCUT2D eigenvalue weighted by atomic mass is 16.5. The Bertz CT molecular complexity index is 2990. The molecule has 0 radical (unpaired) electrons. The molecule has 1 heterocycles. The first-order valence-electron chi connectivity index (χ1n) is 17.6. The molecule has 1 nitrogen and oxygen atoms in total. The average molecular weight is 647 g/mol. The molecule has 0 saturated carbocycles. The lowest BCUT2D eigenvalue weighted by molar-refractivity contribution is 0.487. The van der Waals surface area contributed by atoms with E-state index in [1.54, 1.807) is 0 Å². The first kappa shape index (κ1) is 28.2. The number of ether oxygens (including phenoxy) is 1. The van der Waals surface area contributed by atoms with E-state index in [1.807, 2.05) is 6.07 Å². The van der Waals surface area contributed by atoms with Gasteiger partial charge in [-0.25, -0.2) is 0 Å². The Morgan fingerprint density at radius 1 is 0.235 bits per heavy atom. The summed E-state index contributed by atoms with van der Waals surface area (Å²) in [4.78, 5) is 0. The third kappa shape index (κ3) is 4.03. The van der Waals surface area contributed by atoms with E-state index in [9.17, 15) is 0 Å². The van der Waals surface area contributed by atoms with E-state index in [2.05, 4.69) is 176 Å². The van der Waals surface area contributed by atoms with E-state index in [-0.39, 0.29) is 0 Å². The smallest absolute Gasteiger partial charge is 0.135 e. The minimum atomic E-state index is 0.905. The van der Waals surface area contributed by atoms with Gasteiger partial charge in [0.15, 0.2) is 0 Å². The topological polar surface area (TPSA) is 9.23 Å². The molecule has 0 saturated heterocycles. The first-order valence-corrected chi connectivity index (χ1v) is 17.6. The monoisotopic (exact) mass is 646 g/mol. The minimum absolute atomic E-state index is 0.905. The summed E-state index contributed by atoms with van der Waals surface area (Å²) in [6, 6.07) is 66.3. The molecule has 10 aromatic carbocycles. The maximum atomic E-state index is 6.52. The molecular weight excluding hydrogens is 617 g/mol. The third-order valence-corrected chi connectivity index (χ3v) is 10.8. The fourth-order valence-corrected chi connectivity index (χ4v) is 8.79. The lowest BCUT2D eigenvalue weighted by atomic mass is 9.79. The molecule has 0 fully saturated rings. The van der Waals surface area contributed by atoms with Gasteiger partial charge in [0.25, 0.3) is 0 Å². The van der Waals surface area contributed by atoms with Gasteiger partial charge in [0.05, 0.1) is 0 Å². The molecule has 1 heteroatoms. The van der Waals surface area contributed by atoms with Crippen LogP contribution in [0.25, 0.3) is 98.4 Å². The zero-order chi connectivity index (χ0) is 33.5. The van der Waals surface area contributed by atoms with Gasteiger partial charge in [-0.15, -0.1) is 0 Å². The summed E-state index contributed by atoms with van der Waals surface area (Å²) in [5.74, 6) is 1.81. The van der Waals surface area contributed by atoms with Crippen molar-refractivity contribution in [2.75, 3.05) is 0 Å². The number of hydrogen-bond donors (Lipinski definition) is 0. The molecule has 1 aliphatic heterocycles. The van der Waals surface area contributed by atoms with Crippen LogP contribution in [-0.2, 0) is 0 Å². The quantitative estimate of drug-likeness (QED) is 0.137. The second-order valence-corrected chi connectivity index (χ2v) is 13.5. The maximum Gasteiger partial charge on any atom is 0.135 e. The lowest BCUT2D eigenvalue weighted by Crippen LogP contribution is -1.98. The lowest BCUT2D eigenvalue weighted by Gasteiger charge is -2.25. The van der Waals surface area contributed by atoms with Crippen molar-refractivity contribution in [3.05, 3.63) is 182 Å². The Balaban J connectivity index is 1.32. The molecule has 0 unspecified atom stereocenters. The molecule has 0 aromatic heterocycles. The summed E-state index contributed by atoms with van der Waals surface area (Å²) in [6.45, 7) is 0. The van der Waals surface area contributed by atoms with Crippen molar-refractivity contribution in [1.82, 2.24) is 0 Å². The molecule has 51 heavy (non-hydrogen) atoms. The summed E-state index contributed by atoms with van der Waals surface area (Å²) in [7, 11) is 0. The van der Waals surface area contributed by atoms with E-state index >= 15 is 0 Å². The second-order valence-electron chi connectivity index (χ2n) is 13.5. The van der Waals surface area contributed by atoms with Crippen LogP contribution >= 0.6 is 0 Å². The van der Waals surface area contributed by atoms with Gasteiger partial charge < -0.3 is 4.74 Å². The zero-order valence-electron chi connectivity index (χ0n) is 27.7. The third-order valence-electron chi connectivity index (χ3n) is 10.8. The summed E-state index contributed by atoms with van der Waals surface area (Å²) < 4.78 is 6.52. The number of fused-ring (bicyclic) bond motifs is 7. The molecule has 10 aromatic rings. The number of para-hydroxylation sites is 1. The van der Waals surface area contributed by atoms with Crippen molar-refractivity contribution in [1.29, 1.82) is 0 Å². The van der Waals surface area contributed by atoms with Crippen LogP contribution < -0.4 is 4.74 Å². The molecule has 11 rings (SSSR count). The van der Waals surface area contributed by atoms with Crippen molar-refractivity contribution >= 4 is 53.9 Å². The fourth-order valence-electron chi connectivity index (χ4n) is 8.79. The predicted molar refractivity (Wildman–Crippen MR) is 216 cm³/mol. The zero-order valence-corrected chi connectivity index (χ0v) is 27.7. The van der Waals surface area contributed by atoms with Crippen molar-refractivity contribution in [2.24, 2.45) is 0 Å². The van der Waals surface area contributed by atoms with Crippen molar-refractivity contribution in [3.8, 4) is 56.0 Å². The van der Waals surface area contributed by atoms with E-state index in [1.165, 1.54) is 87.4 Å². The normalized spacial score (nSPS) is 12.1. The number of rotatable bonds is 3. The van der Waals surface area contributed by atoms with Crippen LogP contribution in [0.1, 0.15) is 0 Å². The van der Waals surface area contributed by atoms with Gasteiger partial charge in [-0.2, -0.15) is 0 Å². The molecule has 0 aliphatic carbocycles. The minimum Gasteiger partial charge on any atom is -0.456 e. The van der Waals surface area contributed by atoms with Gasteiger partial charge in [0, 0.05) is 10.9 Å². The van der Waals surface area contributed by atoms with Gasteiger partial charge in [0.1, 0.15) is 11.5 Å². The van der Waals surface area contributed by atoms with E-state index in [0.717, 1.165) is 22.4 Å². The summed E-state index contributed by atoms with van der Waals surface area (Å²) >= 11 is 0. The van der Waals surface area contributed by atoms with Crippen LogP contribution in [0, 0.1) is 0 Å². The Labute approximate surface area is 295 Å². The van der Waals surface area contributed by atoms with Gasteiger partial charge in [-0.1, -0.05) is 164 Å². The second kappa shape index (κ2) is 10.9. The molecular formula is C50H30O. The predicted octanol–water partition coefficient (Wildman–Crippen LogP) is 14.2. The molecule has 0 N–H and O–H groups in total. The summed E-state index contributed by atoms with van der Waals surface area (Å²) in [6.07, 6.45) is 0. The van der Waals surface area contributed by atoms with Crippen molar-refractivity contribution in [2.45, 2.75) is 0 Å². The summed E-state index contributed by atoms with van der Waals surface area (Å²) in [5.41, 5.74) is 9.84. The fraction of sp³-hybridized carbons (Fsp3) is 0. The highest BCUT2D eigenvalue weighted by Gasteiger charge is 2.26.